The van der Waals surface area contributed by atoms with Gasteiger partial charge in [0.15, 0.2) is 11.5 Å². The number of benzene rings is 2. The van der Waals surface area contributed by atoms with Crippen molar-refractivity contribution in [1.29, 1.82) is 0 Å². The van der Waals surface area contributed by atoms with Crippen molar-refractivity contribution in [2.75, 3.05) is 13.2 Å². The molecule has 1 N–H and O–H groups in total. The van der Waals surface area contributed by atoms with Crippen LogP contribution in [0.4, 0.5) is 0 Å². The normalized spacial score (nSPS) is 13.3. The van der Waals surface area contributed by atoms with Gasteiger partial charge in [-0.1, -0.05) is 33.8 Å². The Hall–Kier alpha value is -1.17. The lowest BCUT2D eigenvalue weighted by Crippen LogP contribution is -2.15. The molecule has 0 saturated heterocycles. The Morgan fingerprint density at radius 3 is 2.65 bits per heavy atom. The minimum Gasteiger partial charge on any atom is -0.486 e. The first-order valence-electron chi connectivity index (χ1n) is 6.23. The second-order valence-corrected chi connectivity index (χ2v) is 6.35. The van der Waals surface area contributed by atoms with Crippen molar-refractivity contribution >= 4 is 27.7 Å². The number of fused-ring (bicyclic) bond motifs is 1. The van der Waals surface area contributed by atoms with Crippen LogP contribution in [0.25, 0.3) is 0 Å². The summed E-state index contributed by atoms with van der Waals surface area (Å²) in [6.45, 7) is 1.21. The predicted molar refractivity (Wildman–Crippen MR) is 81.6 cm³/mol. The van der Waals surface area contributed by atoms with Crippen molar-refractivity contribution in [2.24, 2.45) is 0 Å². The van der Waals surface area contributed by atoms with Crippen LogP contribution in [-0.2, 0) is 6.61 Å². The Bertz CT molecular complexity index is 631. The minimum atomic E-state index is 0.0279. The van der Waals surface area contributed by atoms with Crippen LogP contribution in [0.1, 0.15) is 5.56 Å². The summed E-state index contributed by atoms with van der Waals surface area (Å²) in [4.78, 5) is 2.08. The standard InChI is InChI=1S/C15H13BrO3S/c16-11-2-1-10(9-17)15(7-11)20-12-3-4-13-14(8-12)19-6-5-18-13/h1-4,7-8,17H,5-6,9H2. The first-order valence-corrected chi connectivity index (χ1v) is 7.84. The number of hydrogen-bond acceptors (Lipinski definition) is 4. The molecule has 3 nitrogen and oxygen atoms in total. The van der Waals surface area contributed by atoms with Gasteiger partial charge in [-0.15, -0.1) is 0 Å². The Labute approximate surface area is 130 Å². The van der Waals surface area contributed by atoms with Gasteiger partial charge in [0.2, 0.25) is 0 Å². The highest BCUT2D eigenvalue weighted by molar-refractivity contribution is 9.10. The van der Waals surface area contributed by atoms with Crippen molar-refractivity contribution < 1.29 is 14.6 Å². The minimum absolute atomic E-state index is 0.0279. The summed E-state index contributed by atoms with van der Waals surface area (Å²) in [5, 5.41) is 9.41. The van der Waals surface area contributed by atoms with Gasteiger partial charge in [0.25, 0.3) is 0 Å². The Morgan fingerprint density at radius 2 is 1.85 bits per heavy atom. The smallest absolute Gasteiger partial charge is 0.162 e. The quantitative estimate of drug-likeness (QED) is 0.909. The van der Waals surface area contributed by atoms with Crippen molar-refractivity contribution in [3.05, 3.63) is 46.4 Å². The van der Waals surface area contributed by atoms with Gasteiger partial charge >= 0.3 is 0 Å². The molecule has 0 radical (unpaired) electrons. The third-order valence-electron chi connectivity index (χ3n) is 2.94. The molecule has 3 rings (SSSR count). The van der Waals surface area contributed by atoms with Crippen LogP contribution in [0, 0.1) is 0 Å². The van der Waals surface area contributed by atoms with E-state index >= 15 is 0 Å². The molecule has 1 aliphatic heterocycles. The fourth-order valence-electron chi connectivity index (χ4n) is 1.97. The van der Waals surface area contributed by atoms with Gasteiger partial charge in [0.05, 0.1) is 6.61 Å². The number of ether oxygens (including phenoxy) is 2. The Morgan fingerprint density at radius 1 is 1.05 bits per heavy atom. The molecule has 0 aromatic heterocycles. The second kappa shape index (κ2) is 6.08. The average Bonchev–Trinajstić information content (AvgIpc) is 2.47. The fourth-order valence-corrected chi connectivity index (χ4v) is 3.49. The summed E-state index contributed by atoms with van der Waals surface area (Å²) in [6, 6.07) is 11.8. The van der Waals surface area contributed by atoms with Crippen LogP contribution in [-0.4, -0.2) is 18.3 Å². The van der Waals surface area contributed by atoms with E-state index in [1.165, 1.54) is 0 Å². The molecule has 0 bridgehead atoms. The molecule has 1 heterocycles. The van der Waals surface area contributed by atoms with Crippen molar-refractivity contribution in [1.82, 2.24) is 0 Å². The summed E-state index contributed by atoms with van der Waals surface area (Å²) < 4.78 is 12.1. The summed E-state index contributed by atoms with van der Waals surface area (Å²) in [5.41, 5.74) is 0.910. The number of aliphatic hydroxyl groups is 1. The highest BCUT2D eigenvalue weighted by Crippen LogP contribution is 2.38. The summed E-state index contributed by atoms with van der Waals surface area (Å²) in [5.74, 6) is 1.57. The van der Waals surface area contributed by atoms with E-state index in [0.29, 0.717) is 13.2 Å². The zero-order chi connectivity index (χ0) is 13.9. The maximum Gasteiger partial charge on any atom is 0.162 e. The topological polar surface area (TPSA) is 38.7 Å². The van der Waals surface area contributed by atoms with Crippen LogP contribution in [0.5, 0.6) is 11.5 Å². The van der Waals surface area contributed by atoms with Crippen molar-refractivity contribution in [3.63, 3.8) is 0 Å². The Kier molecular flexibility index (Phi) is 4.19. The maximum atomic E-state index is 9.41. The molecule has 0 aliphatic carbocycles. The molecule has 5 heteroatoms. The van der Waals surface area contributed by atoms with Gasteiger partial charge in [0, 0.05) is 14.3 Å². The van der Waals surface area contributed by atoms with Crippen LogP contribution < -0.4 is 9.47 Å². The van der Waals surface area contributed by atoms with E-state index in [1.54, 1.807) is 11.8 Å². The van der Waals surface area contributed by atoms with E-state index in [1.807, 2.05) is 36.4 Å². The molecule has 0 fully saturated rings. The monoisotopic (exact) mass is 352 g/mol. The molecule has 0 unspecified atom stereocenters. The molecule has 2 aromatic rings. The molecule has 2 aromatic carbocycles. The molecule has 0 spiro atoms. The summed E-state index contributed by atoms with van der Waals surface area (Å²) >= 11 is 5.06. The number of aliphatic hydroxyl groups excluding tert-OH is 1. The predicted octanol–water partition coefficient (Wildman–Crippen LogP) is 3.86. The molecule has 0 atom stereocenters. The summed E-state index contributed by atoms with van der Waals surface area (Å²) in [7, 11) is 0. The second-order valence-electron chi connectivity index (χ2n) is 4.32. The lowest BCUT2D eigenvalue weighted by Gasteiger charge is -2.19. The highest BCUT2D eigenvalue weighted by atomic mass is 79.9. The Balaban J connectivity index is 1.89. The highest BCUT2D eigenvalue weighted by Gasteiger charge is 2.13. The van der Waals surface area contributed by atoms with Crippen LogP contribution >= 0.6 is 27.7 Å². The van der Waals surface area contributed by atoms with Crippen LogP contribution in [0.3, 0.4) is 0 Å². The van der Waals surface area contributed by atoms with E-state index < -0.39 is 0 Å². The van der Waals surface area contributed by atoms with E-state index in [9.17, 15) is 5.11 Å². The zero-order valence-electron chi connectivity index (χ0n) is 10.6. The fraction of sp³-hybridized carbons (Fsp3) is 0.200. The molecular formula is C15H13BrO3S. The van der Waals surface area contributed by atoms with Crippen molar-refractivity contribution in [2.45, 2.75) is 16.4 Å². The van der Waals surface area contributed by atoms with E-state index in [-0.39, 0.29) is 6.61 Å². The molecule has 1 aliphatic rings. The average molecular weight is 353 g/mol. The van der Waals surface area contributed by atoms with Gasteiger partial charge in [-0.3, -0.25) is 0 Å². The zero-order valence-corrected chi connectivity index (χ0v) is 13.0. The van der Waals surface area contributed by atoms with Gasteiger partial charge in [-0.05, 0) is 35.9 Å². The third kappa shape index (κ3) is 2.95. The van der Waals surface area contributed by atoms with Gasteiger partial charge < -0.3 is 14.6 Å². The third-order valence-corrected chi connectivity index (χ3v) is 4.52. The molecule has 20 heavy (non-hydrogen) atoms. The number of rotatable bonds is 3. The van der Waals surface area contributed by atoms with Crippen molar-refractivity contribution in [3.8, 4) is 11.5 Å². The first-order chi connectivity index (χ1) is 9.76. The lowest BCUT2D eigenvalue weighted by molar-refractivity contribution is 0.171. The maximum absolute atomic E-state index is 9.41. The number of hydrogen-bond donors (Lipinski definition) is 1. The van der Waals surface area contributed by atoms with Gasteiger partial charge in [-0.2, -0.15) is 0 Å². The molecule has 0 saturated carbocycles. The first kappa shape index (κ1) is 13.8. The molecule has 0 amide bonds. The number of halogens is 1. The largest absolute Gasteiger partial charge is 0.486 e. The van der Waals surface area contributed by atoms with Gasteiger partial charge in [-0.25, -0.2) is 0 Å². The molecular weight excluding hydrogens is 340 g/mol. The SMILES string of the molecule is OCc1ccc(Br)cc1Sc1ccc2c(c1)OCCO2. The molecule has 104 valence electrons. The van der Waals surface area contributed by atoms with Crippen LogP contribution in [0.15, 0.2) is 50.7 Å². The van der Waals surface area contributed by atoms with E-state index in [2.05, 4.69) is 15.9 Å². The van der Waals surface area contributed by atoms with E-state index in [4.69, 9.17) is 9.47 Å². The summed E-state index contributed by atoms with van der Waals surface area (Å²) in [6.07, 6.45) is 0. The van der Waals surface area contributed by atoms with Gasteiger partial charge in [0.1, 0.15) is 13.2 Å². The van der Waals surface area contributed by atoms with Crippen LogP contribution in [0.2, 0.25) is 0 Å². The lowest BCUT2D eigenvalue weighted by atomic mass is 10.2. The van der Waals surface area contributed by atoms with E-state index in [0.717, 1.165) is 31.3 Å².